The first-order valence-corrected chi connectivity index (χ1v) is 6.69. The summed E-state index contributed by atoms with van der Waals surface area (Å²) < 4.78 is 0. The summed E-state index contributed by atoms with van der Waals surface area (Å²) in [5, 5.41) is 3.61. The quantitative estimate of drug-likeness (QED) is 0.608. The molecule has 0 aliphatic heterocycles. The second kappa shape index (κ2) is 7.86. The van der Waals surface area contributed by atoms with Crippen LogP contribution in [-0.2, 0) is 0 Å². The molecule has 0 bridgehead atoms. The Labute approximate surface area is 102 Å². The average molecular weight is 226 g/mol. The molecule has 1 N–H and O–H groups in total. The van der Waals surface area contributed by atoms with E-state index in [4.69, 9.17) is 0 Å². The van der Waals surface area contributed by atoms with Crippen LogP contribution in [0.15, 0.2) is 12.7 Å². The first-order chi connectivity index (χ1) is 7.60. The van der Waals surface area contributed by atoms with E-state index in [9.17, 15) is 0 Å². The SMILES string of the molecule is C=CCC(NCC)C(C)(CC)N(CC)CC. The number of hydrogen-bond acceptors (Lipinski definition) is 2. The molecule has 0 amide bonds. The summed E-state index contributed by atoms with van der Waals surface area (Å²) in [5.74, 6) is 0. The third-order valence-electron chi connectivity index (χ3n) is 3.81. The van der Waals surface area contributed by atoms with Gasteiger partial charge in [-0.25, -0.2) is 0 Å². The van der Waals surface area contributed by atoms with Gasteiger partial charge in [-0.3, -0.25) is 4.90 Å². The molecule has 0 fully saturated rings. The van der Waals surface area contributed by atoms with Gasteiger partial charge < -0.3 is 5.32 Å². The molecular weight excluding hydrogens is 196 g/mol. The molecule has 0 aliphatic carbocycles. The molecule has 0 aliphatic rings. The van der Waals surface area contributed by atoms with Crippen molar-refractivity contribution in [2.45, 2.75) is 59.0 Å². The van der Waals surface area contributed by atoms with Gasteiger partial charge in [-0.15, -0.1) is 6.58 Å². The molecule has 96 valence electrons. The predicted octanol–water partition coefficient (Wildman–Crippen LogP) is 3.05. The standard InChI is InChI=1S/C14H30N2/c1-7-12-13(15-9-3)14(6,8-2)16(10-4)11-5/h7,13,15H,1,8-12H2,2-6H3. The number of likely N-dealkylation sites (N-methyl/N-ethyl adjacent to an activating group) is 2. The number of nitrogens with one attached hydrogen (secondary N) is 1. The van der Waals surface area contributed by atoms with Gasteiger partial charge in [-0.05, 0) is 39.4 Å². The van der Waals surface area contributed by atoms with E-state index in [1.807, 2.05) is 6.08 Å². The van der Waals surface area contributed by atoms with E-state index in [1.165, 1.54) is 6.42 Å². The van der Waals surface area contributed by atoms with Crippen LogP contribution in [0, 0.1) is 0 Å². The first kappa shape index (κ1) is 15.7. The summed E-state index contributed by atoms with van der Waals surface area (Å²) >= 11 is 0. The highest BCUT2D eigenvalue weighted by Crippen LogP contribution is 2.25. The fraction of sp³-hybridized carbons (Fsp3) is 0.857. The van der Waals surface area contributed by atoms with Crippen molar-refractivity contribution in [3.05, 3.63) is 12.7 Å². The molecule has 2 unspecified atom stereocenters. The van der Waals surface area contributed by atoms with E-state index in [0.717, 1.165) is 26.1 Å². The molecule has 0 rings (SSSR count). The van der Waals surface area contributed by atoms with Gasteiger partial charge in [0.2, 0.25) is 0 Å². The summed E-state index contributed by atoms with van der Waals surface area (Å²) in [5.41, 5.74) is 0.230. The fourth-order valence-corrected chi connectivity index (χ4v) is 2.61. The molecular formula is C14H30N2. The lowest BCUT2D eigenvalue weighted by Gasteiger charge is -2.46. The van der Waals surface area contributed by atoms with Gasteiger partial charge in [0, 0.05) is 11.6 Å². The molecule has 2 atom stereocenters. The Morgan fingerprint density at radius 1 is 1.25 bits per heavy atom. The smallest absolute Gasteiger partial charge is 0.0334 e. The molecule has 0 radical (unpaired) electrons. The van der Waals surface area contributed by atoms with E-state index >= 15 is 0 Å². The lowest BCUT2D eigenvalue weighted by Crippen LogP contribution is -2.59. The molecule has 0 aromatic carbocycles. The topological polar surface area (TPSA) is 15.3 Å². The second-order valence-corrected chi connectivity index (χ2v) is 4.52. The van der Waals surface area contributed by atoms with E-state index in [0.29, 0.717) is 6.04 Å². The molecule has 0 aromatic rings. The number of nitrogens with zero attached hydrogens (tertiary/aromatic N) is 1. The summed E-state index contributed by atoms with van der Waals surface area (Å²) in [4.78, 5) is 2.56. The normalized spacial score (nSPS) is 17.1. The zero-order valence-electron chi connectivity index (χ0n) is 11.8. The molecule has 0 heterocycles. The van der Waals surface area contributed by atoms with E-state index in [1.54, 1.807) is 0 Å². The first-order valence-electron chi connectivity index (χ1n) is 6.69. The Kier molecular flexibility index (Phi) is 7.69. The highest BCUT2D eigenvalue weighted by Gasteiger charge is 2.35. The Hall–Kier alpha value is -0.340. The average Bonchev–Trinajstić information content (AvgIpc) is 2.30. The maximum atomic E-state index is 3.88. The van der Waals surface area contributed by atoms with E-state index in [-0.39, 0.29) is 5.54 Å². The van der Waals surface area contributed by atoms with Crippen molar-refractivity contribution >= 4 is 0 Å². The van der Waals surface area contributed by atoms with Crippen molar-refractivity contribution in [3.63, 3.8) is 0 Å². The van der Waals surface area contributed by atoms with Crippen molar-refractivity contribution in [3.8, 4) is 0 Å². The Morgan fingerprint density at radius 3 is 2.12 bits per heavy atom. The molecule has 2 nitrogen and oxygen atoms in total. The maximum absolute atomic E-state index is 3.88. The van der Waals surface area contributed by atoms with E-state index < -0.39 is 0 Å². The third-order valence-corrected chi connectivity index (χ3v) is 3.81. The Balaban J connectivity index is 4.89. The van der Waals surface area contributed by atoms with Crippen LogP contribution in [0.5, 0.6) is 0 Å². The van der Waals surface area contributed by atoms with Gasteiger partial charge in [-0.1, -0.05) is 33.8 Å². The maximum Gasteiger partial charge on any atom is 0.0334 e. The minimum absolute atomic E-state index is 0.230. The number of rotatable bonds is 9. The molecule has 0 saturated carbocycles. The lowest BCUT2D eigenvalue weighted by atomic mass is 9.85. The van der Waals surface area contributed by atoms with E-state index in [2.05, 4.69) is 51.4 Å². The zero-order chi connectivity index (χ0) is 12.6. The Morgan fingerprint density at radius 2 is 1.81 bits per heavy atom. The number of hydrogen-bond donors (Lipinski definition) is 1. The van der Waals surface area contributed by atoms with Crippen molar-refractivity contribution in [2.75, 3.05) is 19.6 Å². The molecule has 0 saturated heterocycles. The highest BCUT2D eigenvalue weighted by atomic mass is 15.2. The summed E-state index contributed by atoms with van der Waals surface area (Å²) in [6.07, 6.45) is 4.24. The minimum Gasteiger partial charge on any atom is -0.312 e. The lowest BCUT2D eigenvalue weighted by molar-refractivity contribution is 0.0717. The van der Waals surface area contributed by atoms with Crippen LogP contribution >= 0.6 is 0 Å². The summed E-state index contributed by atoms with van der Waals surface area (Å²) in [7, 11) is 0. The zero-order valence-corrected chi connectivity index (χ0v) is 11.8. The van der Waals surface area contributed by atoms with Crippen LogP contribution in [-0.4, -0.2) is 36.1 Å². The van der Waals surface area contributed by atoms with Crippen LogP contribution in [0.2, 0.25) is 0 Å². The van der Waals surface area contributed by atoms with Crippen molar-refractivity contribution in [1.82, 2.24) is 10.2 Å². The van der Waals surface area contributed by atoms with Crippen molar-refractivity contribution in [2.24, 2.45) is 0 Å². The third kappa shape index (κ3) is 3.60. The van der Waals surface area contributed by atoms with Gasteiger partial charge in [-0.2, -0.15) is 0 Å². The highest BCUT2D eigenvalue weighted by molar-refractivity contribution is 4.98. The van der Waals surface area contributed by atoms with Crippen molar-refractivity contribution in [1.29, 1.82) is 0 Å². The van der Waals surface area contributed by atoms with Gasteiger partial charge >= 0.3 is 0 Å². The van der Waals surface area contributed by atoms with Crippen LogP contribution in [0.3, 0.4) is 0 Å². The van der Waals surface area contributed by atoms with Crippen LogP contribution in [0.1, 0.15) is 47.5 Å². The molecule has 0 aromatic heterocycles. The van der Waals surface area contributed by atoms with Gasteiger partial charge in [0.05, 0.1) is 0 Å². The predicted molar refractivity (Wildman–Crippen MR) is 73.9 cm³/mol. The monoisotopic (exact) mass is 226 g/mol. The van der Waals surface area contributed by atoms with Crippen LogP contribution in [0.25, 0.3) is 0 Å². The van der Waals surface area contributed by atoms with Crippen LogP contribution in [0.4, 0.5) is 0 Å². The second-order valence-electron chi connectivity index (χ2n) is 4.52. The van der Waals surface area contributed by atoms with Gasteiger partial charge in [0.1, 0.15) is 0 Å². The van der Waals surface area contributed by atoms with Crippen LogP contribution < -0.4 is 5.32 Å². The molecule has 0 spiro atoms. The van der Waals surface area contributed by atoms with Crippen molar-refractivity contribution < 1.29 is 0 Å². The van der Waals surface area contributed by atoms with Gasteiger partial charge in [0.15, 0.2) is 0 Å². The summed E-state index contributed by atoms with van der Waals surface area (Å²) in [6, 6.07) is 0.500. The molecule has 16 heavy (non-hydrogen) atoms. The Bertz CT molecular complexity index is 187. The largest absolute Gasteiger partial charge is 0.312 e. The minimum atomic E-state index is 0.230. The fourth-order valence-electron chi connectivity index (χ4n) is 2.61. The summed E-state index contributed by atoms with van der Waals surface area (Å²) in [6.45, 7) is 18.4. The molecule has 2 heteroatoms. The van der Waals surface area contributed by atoms with Gasteiger partial charge in [0.25, 0.3) is 0 Å².